The number of benzene rings is 2. The Labute approximate surface area is 192 Å². The zero-order valence-corrected chi connectivity index (χ0v) is 18.8. The van der Waals surface area contributed by atoms with Gasteiger partial charge in [-0.05, 0) is 18.6 Å². The van der Waals surface area contributed by atoms with Crippen LogP contribution in [0.3, 0.4) is 0 Å². The van der Waals surface area contributed by atoms with Crippen LogP contribution < -0.4 is 10.9 Å². The number of aromatic nitrogens is 3. The number of amides is 1. The highest BCUT2D eigenvalue weighted by Crippen LogP contribution is 2.26. The van der Waals surface area contributed by atoms with E-state index in [1.165, 1.54) is 15.9 Å². The van der Waals surface area contributed by atoms with Crippen molar-refractivity contribution in [1.82, 2.24) is 14.5 Å². The lowest BCUT2D eigenvalue weighted by Crippen LogP contribution is -2.25. The quantitative estimate of drug-likeness (QED) is 0.312. The van der Waals surface area contributed by atoms with Crippen molar-refractivity contribution in [2.75, 3.05) is 11.1 Å². The van der Waals surface area contributed by atoms with Gasteiger partial charge in [-0.3, -0.25) is 14.2 Å². The molecule has 2 aromatic carbocycles. The molecule has 0 fully saturated rings. The molecule has 0 aliphatic carbocycles. The van der Waals surface area contributed by atoms with Crippen LogP contribution in [-0.2, 0) is 11.2 Å². The lowest BCUT2D eigenvalue weighted by Gasteiger charge is -2.14. The fraction of sp³-hybridized carbons (Fsp3) is 0.130. The molecule has 9 heteroatoms. The highest BCUT2D eigenvalue weighted by Gasteiger charge is 2.18. The van der Waals surface area contributed by atoms with Crippen molar-refractivity contribution in [2.45, 2.75) is 18.5 Å². The normalized spacial score (nSPS) is 10.8. The predicted octanol–water partition coefficient (Wildman–Crippen LogP) is 4.35. The lowest BCUT2D eigenvalue weighted by atomic mass is 10.2. The molecule has 0 unspecified atom stereocenters. The number of hydrogen-bond donors (Lipinski definition) is 2. The van der Waals surface area contributed by atoms with Gasteiger partial charge in [-0.15, -0.1) is 11.3 Å². The van der Waals surface area contributed by atoms with Crippen LogP contribution in [0.2, 0.25) is 0 Å². The number of nitrogens with zero attached hydrogens (tertiary/aromatic N) is 3. The monoisotopic (exact) mass is 464 g/mol. The molecule has 162 valence electrons. The van der Waals surface area contributed by atoms with Crippen LogP contribution in [0, 0.1) is 0 Å². The Balaban J connectivity index is 1.52. The van der Waals surface area contributed by atoms with E-state index in [1.807, 2.05) is 53.9 Å². The molecular weight excluding hydrogens is 444 g/mol. The van der Waals surface area contributed by atoms with E-state index < -0.39 is 0 Å². The highest BCUT2D eigenvalue weighted by molar-refractivity contribution is 7.99. The van der Waals surface area contributed by atoms with Gasteiger partial charge in [0.1, 0.15) is 0 Å². The molecule has 0 radical (unpaired) electrons. The highest BCUT2D eigenvalue weighted by atomic mass is 32.2. The molecule has 0 saturated carbocycles. The predicted molar refractivity (Wildman–Crippen MR) is 128 cm³/mol. The molecule has 32 heavy (non-hydrogen) atoms. The fourth-order valence-electron chi connectivity index (χ4n) is 3.09. The van der Waals surface area contributed by atoms with Crippen LogP contribution in [-0.4, -0.2) is 31.3 Å². The number of nitrogens with one attached hydrogen (secondary N) is 1. The molecule has 0 bridgehead atoms. The second-order valence-electron chi connectivity index (χ2n) is 6.77. The first-order valence-electron chi connectivity index (χ1n) is 9.90. The summed E-state index contributed by atoms with van der Waals surface area (Å²) < 4.78 is 1.42. The second-order valence-corrected chi connectivity index (χ2v) is 8.57. The van der Waals surface area contributed by atoms with Gasteiger partial charge in [0.2, 0.25) is 11.8 Å². The molecule has 1 amide bonds. The molecule has 4 aromatic rings. The second kappa shape index (κ2) is 9.80. The Morgan fingerprint density at radius 1 is 1.09 bits per heavy atom. The minimum absolute atomic E-state index is 0.00440. The molecule has 7 nitrogen and oxygen atoms in total. The molecule has 0 aliphatic rings. The Kier molecular flexibility index (Phi) is 6.67. The number of thiazole rings is 1. The van der Waals surface area contributed by atoms with E-state index in [2.05, 4.69) is 15.3 Å². The smallest absolute Gasteiger partial charge is 0.265 e. The standard InChI is InChI=1S/C23H20N4O3S2/c1-2-17-20(29)26-23(27(21(17)30)16-11-7-4-8-12-16)32-14-19(28)25-22-24-18(13-31-22)15-9-5-3-6-10-15/h3-13,29H,2,14H2,1H3,(H,24,25,28). The summed E-state index contributed by atoms with van der Waals surface area (Å²) in [6.07, 6.45) is 0.351. The number of carbonyl (C=O) groups is 1. The van der Waals surface area contributed by atoms with Crippen molar-refractivity contribution < 1.29 is 9.90 Å². The molecule has 2 heterocycles. The van der Waals surface area contributed by atoms with E-state index in [4.69, 9.17) is 0 Å². The van der Waals surface area contributed by atoms with E-state index in [1.54, 1.807) is 19.1 Å². The molecule has 2 aromatic heterocycles. The summed E-state index contributed by atoms with van der Waals surface area (Å²) in [5.41, 5.74) is 2.27. The van der Waals surface area contributed by atoms with Crippen molar-refractivity contribution in [2.24, 2.45) is 0 Å². The van der Waals surface area contributed by atoms with E-state index in [0.717, 1.165) is 23.0 Å². The van der Waals surface area contributed by atoms with Crippen LogP contribution in [0.5, 0.6) is 5.88 Å². The third-order valence-electron chi connectivity index (χ3n) is 4.64. The fourth-order valence-corrected chi connectivity index (χ4v) is 4.63. The van der Waals surface area contributed by atoms with Crippen molar-refractivity contribution in [3.63, 3.8) is 0 Å². The average molecular weight is 465 g/mol. The number of aromatic hydroxyl groups is 1. The number of thioether (sulfide) groups is 1. The molecule has 2 N–H and O–H groups in total. The van der Waals surface area contributed by atoms with Gasteiger partial charge in [0.05, 0.1) is 22.7 Å². The molecule has 0 spiro atoms. The Morgan fingerprint density at radius 3 is 2.47 bits per heavy atom. The maximum absolute atomic E-state index is 13.0. The van der Waals surface area contributed by atoms with Crippen LogP contribution in [0.25, 0.3) is 16.9 Å². The summed E-state index contributed by atoms with van der Waals surface area (Å²) in [6.45, 7) is 1.78. The minimum Gasteiger partial charge on any atom is -0.493 e. The Hall–Kier alpha value is -3.43. The zero-order chi connectivity index (χ0) is 22.5. The topological polar surface area (TPSA) is 97.1 Å². The van der Waals surface area contributed by atoms with E-state index in [0.29, 0.717) is 17.2 Å². The minimum atomic E-state index is -0.346. The number of rotatable bonds is 7. The first kappa shape index (κ1) is 21.8. The summed E-state index contributed by atoms with van der Waals surface area (Å²) in [5.74, 6) is -0.582. The van der Waals surface area contributed by atoms with Crippen molar-refractivity contribution in [3.05, 3.63) is 82.0 Å². The van der Waals surface area contributed by atoms with Crippen molar-refractivity contribution >= 4 is 34.1 Å². The molecule has 0 saturated heterocycles. The maximum atomic E-state index is 13.0. The van der Waals surface area contributed by atoms with Gasteiger partial charge in [0, 0.05) is 10.9 Å². The van der Waals surface area contributed by atoms with Gasteiger partial charge in [0.15, 0.2) is 10.3 Å². The molecular formula is C23H20N4O3S2. The largest absolute Gasteiger partial charge is 0.493 e. The Morgan fingerprint density at radius 2 is 1.78 bits per heavy atom. The first-order valence-corrected chi connectivity index (χ1v) is 11.8. The summed E-state index contributed by atoms with van der Waals surface area (Å²) in [7, 11) is 0. The van der Waals surface area contributed by atoms with E-state index in [-0.39, 0.29) is 33.8 Å². The molecule has 4 rings (SSSR count). The SMILES string of the molecule is CCc1c(O)nc(SCC(=O)Nc2nc(-c3ccccc3)cs2)n(-c2ccccc2)c1=O. The van der Waals surface area contributed by atoms with E-state index >= 15 is 0 Å². The Bertz CT molecular complexity index is 1290. The van der Waals surface area contributed by atoms with Gasteiger partial charge in [-0.1, -0.05) is 67.2 Å². The number of para-hydroxylation sites is 1. The van der Waals surface area contributed by atoms with Gasteiger partial charge < -0.3 is 10.4 Å². The van der Waals surface area contributed by atoms with E-state index in [9.17, 15) is 14.7 Å². The number of hydrogen-bond acceptors (Lipinski definition) is 7. The average Bonchev–Trinajstić information content (AvgIpc) is 3.27. The van der Waals surface area contributed by atoms with Gasteiger partial charge in [0.25, 0.3) is 5.56 Å². The van der Waals surface area contributed by atoms with Gasteiger partial charge in [-0.25, -0.2) is 4.98 Å². The third-order valence-corrected chi connectivity index (χ3v) is 6.34. The number of carbonyl (C=O) groups excluding carboxylic acids is 1. The van der Waals surface area contributed by atoms with Crippen LogP contribution in [0.1, 0.15) is 12.5 Å². The zero-order valence-electron chi connectivity index (χ0n) is 17.2. The summed E-state index contributed by atoms with van der Waals surface area (Å²) in [6, 6.07) is 18.8. The van der Waals surface area contributed by atoms with Crippen LogP contribution in [0.4, 0.5) is 5.13 Å². The first-order chi connectivity index (χ1) is 15.6. The van der Waals surface area contributed by atoms with Crippen LogP contribution >= 0.6 is 23.1 Å². The van der Waals surface area contributed by atoms with Gasteiger partial charge >= 0.3 is 0 Å². The summed E-state index contributed by atoms with van der Waals surface area (Å²) >= 11 is 2.42. The third kappa shape index (κ3) is 4.74. The summed E-state index contributed by atoms with van der Waals surface area (Å²) in [4.78, 5) is 34.1. The summed E-state index contributed by atoms with van der Waals surface area (Å²) in [5, 5.41) is 15.6. The number of anilines is 1. The maximum Gasteiger partial charge on any atom is 0.265 e. The van der Waals surface area contributed by atoms with Crippen LogP contribution in [0.15, 0.2) is 76.0 Å². The van der Waals surface area contributed by atoms with Gasteiger partial charge in [-0.2, -0.15) is 4.98 Å². The molecule has 0 aliphatic heterocycles. The van der Waals surface area contributed by atoms with Crippen molar-refractivity contribution in [1.29, 1.82) is 0 Å². The molecule has 0 atom stereocenters. The van der Waals surface area contributed by atoms with Crippen molar-refractivity contribution in [3.8, 4) is 22.8 Å². The lowest BCUT2D eigenvalue weighted by molar-refractivity contribution is -0.113.